The highest BCUT2D eigenvalue weighted by atomic mass is 35.5. The first-order valence-corrected chi connectivity index (χ1v) is 10.3. The van der Waals surface area contributed by atoms with Crippen LogP contribution < -0.4 is 5.32 Å². The number of thiazole rings is 1. The molecule has 0 bridgehead atoms. The van der Waals surface area contributed by atoms with E-state index >= 15 is 0 Å². The highest BCUT2D eigenvalue weighted by Crippen LogP contribution is 2.26. The molecule has 2 aromatic heterocycles. The van der Waals surface area contributed by atoms with E-state index in [9.17, 15) is 4.79 Å². The second kappa shape index (κ2) is 8.19. The highest BCUT2D eigenvalue weighted by molar-refractivity contribution is 7.13. The third-order valence-electron chi connectivity index (χ3n) is 4.63. The maximum atomic E-state index is 13.0. The monoisotopic (exact) mass is 422 g/mol. The number of benzene rings is 2. The van der Waals surface area contributed by atoms with E-state index in [0.29, 0.717) is 10.7 Å². The Hall–Kier alpha value is -2.96. The molecule has 7 heteroatoms. The van der Waals surface area contributed by atoms with Gasteiger partial charge in [-0.05, 0) is 24.6 Å². The summed E-state index contributed by atoms with van der Waals surface area (Å²) in [5.74, 6) is 0.484. The van der Waals surface area contributed by atoms with Gasteiger partial charge in [-0.15, -0.1) is 11.3 Å². The topological polar surface area (TPSA) is 59.8 Å². The van der Waals surface area contributed by atoms with Crippen LogP contribution in [0.25, 0.3) is 10.6 Å². The van der Waals surface area contributed by atoms with Gasteiger partial charge in [-0.25, -0.2) is 9.97 Å². The number of aryl methyl sites for hydroxylation is 2. The van der Waals surface area contributed by atoms with Crippen LogP contribution in [0.3, 0.4) is 0 Å². The first-order valence-electron chi connectivity index (χ1n) is 9.07. The predicted molar refractivity (Wildman–Crippen MR) is 116 cm³/mol. The van der Waals surface area contributed by atoms with E-state index in [1.807, 2.05) is 61.1 Å². The number of rotatable bonds is 5. The molecule has 4 aromatic rings. The summed E-state index contributed by atoms with van der Waals surface area (Å²) < 4.78 is 1.89. The molecular formula is C22H19ClN4OS. The standard InChI is InChI=1S/C22H19ClN4OS/c1-14-3-5-16(6-4-14)22-25-18(13-29-22)21(28)26-19(20-24-11-12-27(20)2)15-7-9-17(23)10-8-15/h3-13,19H,1-2H3,(H,26,28). The molecule has 0 saturated carbocycles. The van der Waals surface area contributed by atoms with Gasteiger partial charge in [0.05, 0.1) is 0 Å². The first kappa shape index (κ1) is 19.4. The van der Waals surface area contributed by atoms with Crippen molar-refractivity contribution in [1.82, 2.24) is 19.9 Å². The zero-order valence-electron chi connectivity index (χ0n) is 16.0. The highest BCUT2D eigenvalue weighted by Gasteiger charge is 2.23. The van der Waals surface area contributed by atoms with Gasteiger partial charge >= 0.3 is 0 Å². The molecule has 2 aromatic carbocycles. The smallest absolute Gasteiger partial charge is 0.271 e. The molecule has 146 valence electrons. The molecule has 1 unspecified atom stereocenters. The average Bonchev–Trinajstić information content (AvgIpc) is 3.37. The number of aromatic nitrogens is 3. The van der Waals surface area contributed by atoms with Crippen LogP contribution in [-0.4, -0.2) is 20.4 Å². The van der Waals surface area contributed by atoms with Crippen molar-refractivity contribution >= 4 is 28.8 Å². The van der Waals surface area contributed by atoms with Gasteiger partial charge in [0.2, 0.25) is 0 Å². The minimum atomic E-state index is -0.413. The van der Waals surface area contributed by atoms with Crippen molar-refractivity contribution in [1.29, 1.82) is 0 Å². The summed E-state index contributed by atoms with van der Waals surface area (Å²) in [6, 6.07) is 15.1. The van der Waals surface area contributed by atoms with Gasteiger partial charge in [0.1, 0.15) is 22.6 Å². The molecule has 0 aliphatic carbocycles. The lowest BCUT2D eigenvalue weighted by Crippen LogP contribution is -2.31. The first-order chi connectivity index (χ1) is 14.0. The van der Waals surface area contributed by atoms with Crippen LogP contribution in [-0.2, 0) is 7.05 Å². The fraction of sp³-hybridized carbons (Fsp3) is 0.136. The Morgan fingerprint density at radius 3 is 2.52 bits per heavy atom. The lowest BCUT2D eigenvalue weighted by atomic mass is 10.1. The number of carbonyl (C=O) groups is 1. The molecule has 0 saturated heterocycles. The SMILES string of the molecule is Cc1ccc(-c2nc(C(=O)NC(c3ccc(Cl)cc3)c3nccn3C)cs2)cc1. The zero-order chi connectivity index (χ0) is 20.4. The largest absolute Gasteiger partial charge is 0.337 e. The van der Waals surface area contributed by atoms with E-state index in [4.69, 9.17) is 11.6 Å². The van der Waals surface area contributed by atoms with Gasteiger partial charge in [0.25, 0.3) is 5.91 Å². The number of carbonyl (C=O) groups excluding carboxylic acids is 1. The fourth-order valence-corrected chi connectivity index (χ4v) is 3.95. The van der Waals surface area contributed by atoms with E-state index < -0.39 is 6.04 Å². The third kappa shape index (κ3) is 4.23. The molecule has 2 heterocycles. The number of hydrogen-bond acceptors (Lipinski definition) is 4. The van der Waals surface area contributed by atoms with Crippen LogP contribution >= 0.6 is 22.9 Å². The number of hydrogen-bond donors (Lipinski definition) is 1. The predicted octanol–water partition coefficient (Wildman–Crippen LogP) is 5.02. The average molecular weight is 423 g/mol. The van der Waals surface area contributed by atoms with Crippen molar-refractivity contribution in [2.45, 2.75) is 13.0 Å². The lowest BCUT2D eigenvalue weighted by Gasteiger charge is -2.18. The molecule has 1 atom stereocenters. The summed E-state index contributed by atoms with van der Waals surface area (Å²) in [4.78, 5) is 21.9. The number of amides is 1. The van der Waals surface area contributed by atoms with Crippen LogP contribution in [0.4, 0.5) is 0 Å². The summed E-state index contributed by atoms with van der Waals surface area (Å²) in [5, 5.41) is 6.30. The molecule has 0 fully saturated rings. The molecule has 0 spiro atoms. The van der Waals surface area contributed by atoms with Crippen LogP contribution in [0.2, 0.25) is 5.02 Å². The Morgan fingerprint density at radius 1 is 1.14 bits per heavy atom. The number of imidazole rings is 1. The van der Waals surface area contributed by atoms with Gasteiger partial charge in [0.15, 0.2) is 0 Å². The van der Waals surface area contributed by atoms with E-state index in [1.54, 1.807) is 23.7 Å². The van der Waals surface area contributed by atoms with Crippen LogP contribution in [0.1, 0.15) is 33.5 Å². The molecule has 4 rings (SSSR count). The zero-order valence-corrected chi connectivity index (χ0v) is 17.5. The second-order valence-corrected chi connectivity index (χ2v) is 8.05. The van der Waals surface area contributed by atoms with Crippen molar-refractivity contribution in [3.8, 4) is 10.6 Å². The molecule has 29 heavy (non-hydrogen) atoms. The van der Waals surface area contributed by atoms with E-state index in [-0.39, 0.29) is 5.91 Å². The van der Waals surface area contributed by atoms with Gasteiger partial charge in [-0.1, -0.05) is 53.6 Å². The number of nitrogens with one attached hydrogen (secondary N) is 1. The maximum Gasteiger partial charge on any atom is 0.271 e. The Labute approximate surface area is 178 Å². The summed E-state index contributed by atoms with van der Waals surface area (Å²) in [6.07, 6.45) is 3.56. The third-order valence-corrected chi connectivity index (χ3v) is 5.77. The molecule has 0 aliphatic rings. The van der Waals surface area contributed by atoms with Crippen molar-refractivity contribution < 1.29 is 4.79 Å². The van der Waals surface area contributed by atoms with Crippen molar-refractivity contribution in [3.05, 3.63) is 94.0 Å². The van der Waals surface area contributed by atoms with Gasteiger partial charge in [-0.3, -0.25) is 4.79 Å². The van der Waals surface area contributed by atoms with E-state index in [0.717, 1.165) is 22.0 Å². The summed E-state index contributed by atoms with van der Waals surface area (Å²) in [6.45, 7) is 2.04. The van der Waals surface area contributed by atoms with Crippen LogP contribution in [0, 0.1) is 6.92 Å². The Morgan fingerprint density at radius 2 is 1.86 bits per heavy atom. The molecule has 1 amide bonds. The van der Waals surface area contributed by atoms with Gasteiger partial charge in [-0.2, -0.15) is 0 Å². The summed E-state index contributed by atoms with van der Waals surface area (Å²) >= 11 is 7.48. The Kier molecular flexibility index (Phi) is 5.47. The minimum absolute atomic E-state index is 0.248. The fourth-order valence-electron chi connectivity index (χ4n) is 3.02. The van der Waals surface area contributed by atoms with E-state index in [1.165, 1.54) is 16.9 Å². The van der Waals surface area contributed by atoms with E-state index in [2.05, 4.69) is 15.3 Å². The normalized spacial score (nSPS) is 12.0. The maximum absolute atomic E-state index is 13.0. The van der Waals surface area contributed by atoms with Crippen LogP contribution in [0.5, 0.6) is 0 Å². The Bertz CT molecular complexity index is 1130. The Balaban J connectivity index is 1.61. The van der Waals surface area contributed by atoms with Crippen molar-refractivity contribution in [3.63, 3.8) is 0 Å². The molecule has 5 nitrogen and oxygen atoms in total. The number of nitrogens with zero attached hydrogens (tertiary/aromatic N) is 3. The van der Waals surface area contributed by atoms with Gasteiger partial charge < -0.3 is 9.88 Å². The summed E-state index contributed by atoms with van der Waals surface area (Å²) in [5.41, 5.74) is 3.46. The van der Waals surface area contributed by atoms with Crippen molar-refractivity contribution in [2.24, 2.45) is 7.05 Å². The second-order valence-electron chi connectivity index (χ2n) is 6.76. The van der Waals surface area contributed by atoms with Crippen LogP contribution in [0.15, 0.2) is 66.3 Å². The molecule has 1 N–H and O–H groups in total. The number of halogens is 1. The lowest BCUT2D eigenvalue weighted by molar-refractivity contribution is 0.0937. The van der Waals surface area contributed by atoms with Crippen molar-refractivity contribution in [2.75, 3.05) is 0 Å². The minimum Gasteiger partial charge on any atom is -0.337 e. The molecular weight excluding hydrogens is 404 g/mol. The summed E-state index contributed by atoms with van der Waals surface area (Å²) in [7, 11) is 1.90. The van der Waals surface area contributed by atoms with Gasteiger partial charge in [0, 0.05) is 35.4 Å². The quantitative estimate of drug-likeness (QED) is 0.491. The molecule has 0 radical (unpaired) electrons. The molecule has 0 aliphatic heterocycles.